The van der Waals surface area contributed by atoms with Gasteiger partial charge >= 0.3 is 0 Å². The fourth-order valence-electron chi connectivity index (χ4n) is 4.55. The average molecular weight is 392 g/mol. The van der Waals surface area contributed by atoms with Crippen LogP contribution in [0.5, 0.6) is 5.75 Å². The SMILES string of the molecule is COc1ccc(CN2C(=O)CC[C@@H]3CN(C(=O)c4ccc(C)cc4)CC[C@@H]32)cc1. The fraction of sp³-hybridized carbons (Fsp3) is 0.417. The summed E-state index contributed by atoms with van der Waals surface area (Å²) in [5.74, 6) is 1.48. The van der Waals surface area contributed by atoms with Crippen LogP contribution in [0.1, 0.15) is 40.7 Å². The number of ether oxygens (including phenoxy) is 1. The van der Waals surface area contributed by atoms with Crippen LogP contribution in [0.4, 0.5) is 0 Å². The summed E-state index contributed by atoms with van der Waals surface area (Å²) in [6.07, 6.45) is 2.26. The Bertz CT molecular complexity index is 876. The van der Waals surface area contributed by atoms with Gasteiger partial charge in [-0.25, -0.2) is 0 Å². The predicted octanol–water partition coefficient (Wildman–Crippen LogP) is 3.66. The highest BCUT2D eigenvalue weighted by molar-refractivity contribution is 5.94. The number of amides is 2. The Morgan fingerprint density at radius 1 is 1.07 bits per heavy atom. The number of fused-ring (bicyclic) bond motifs is 1. The van der Waals surface area contributed by atoms with Crippen molar-refractivity contribution in [2.45, 2.75) is 38.8 Å². The van der Waals surface area contributed by atoms with Crippen LogP contribution < -0.4 is 4.74 Å². The number of hydrogen-bond acceptors (Lipinski definition) is 3. The first kappa shape index (κ1) is 19.5. The largest absolute Gasteiger partial charge is 0.497 e. The van der Waals surface area contributed by atoms with Gasteiger partial charge in [-0.2, -0.15) is 0 Å². The molecule has 2 aromatic rings. The van der Waals surface area contributed by atoms with Crippen molar-refractivity contribution in [3.63, 3.8) is 0 Å². The molecule has 2 aromatic carbocycles. The highest BCUT2D eigenvalue weighted by Crippen LogP contribution is 2.33. The van der Waals surface area contributed by atoms with Crippen LogP contribution in [0.3, 0.4) is 0 Å². The first-order valence-corrected chi connectivity index (χ1v) is 10.3. The van der Waals surface area contributed by atoms with Crippen molar-refractivity contribution in [1.82, 2.24) is 9.80 Å². The van der Waals surface area contributed by atoms with E-state index in [0.717, 1.165) is 41.8 Å². The van der Waals surface area contributed by atoms with E-state index in [1.165, 1.54) is 0 Å². The monoisotopic (exact) mass is 392 g/mol. The highest BCUT2D eigenvalue weighted by Gasteiger charge is 2.40. The van der Waals surface area contributed by atoms with E-state index in [1.807, 2.05) is 65.3 Å². The summed E-state index contributed by atoms with van der Waals surface area (Å²) in [5, 5.41) is 0. The summed E-state index contributed by atoms with van der Waals surface area (Å²) in [6, 6.07) is 15.9. The van der Waals surface area contributed by atoms with E-state index >= 15 is 0 Å². The van der Waals surface area contributed by atoms with Crippen LogP contribution in [0.25, 0.3) is 0 Å². The number of methoxy groups -OCH3 is 1. The van der Waals surface area contributed by atoms with Gasteiger partial charge < -0.3 is 14.5 Å². The van der Waals surface area contributed by atoms with E-state index in [-0.39, 0.29) is 17.9 Å². The first-order chi connectivity index (χ1) is 14.0. The summed E-state index contributed by atoms with van der Waals surface area (Å²) < 4.78 is 5.23. The Labute approximate surface area is 172 Å². The minimum atomic E-state index is 0.0991. The molecule has 0 radical (unpaired) electrons. The molecule has 2 aliphatic heterocycles. The van der Waals surface area contributed by atoms with Crippen LogP contribution in [0, 0.1) is 12.8 Å². The van der Waals surface area contributed by atoms with Crippen molar-refractivity contribution < 1.29 is 14.3 Å². The molecule has 29 heavy (non-hydrogen) atoms. The molecule has 2 heterocycles. The van der Waals surface area contributed by atoms with Gasteiger partial charge in [0.05, 0.1) is 7.11 Å². The van der Waals surface area contributed by atoms with Gasteiger partial charge in [0.25, 0.3) is 5.91 Å². The molecule has 0 unspecified atom stereocenters. The molecule has 2 saturated heterocycles. The van der Waals surface area contributed by atoms with Gasteiger partial charge in [-0.15, -0.1) is 0 Å². The van der Waals surface area contributed by atoms with Crippen LogP contribution in [0.2, 0.25) is 0 Å². The summed E-state index contributed by atoms with van der Waals surface area (Å²) >= 11 is 0. The van der Waals surface area contributed by atoms with E-state index in [0.29, 0.717) is 25.4 Å². The lowest BCUT2D eigenvalue weighted by atomic mass is 9.83. The fourth-order valence-corrected chi connectivity index (χ4v) is 4.55. The molecule has 152 valence electrons. The molecular formula is C24H28N2O3. The van der Waals surface area contributed by atoms with E-state index in [2.05, 4.69) is 0 Å². The van der Waals surface area contributed by atoms with Gasteiger partial charge in [-0.3, -0.25) is 9.59 Å². The lowest BCUT2D eigenvalue weighted by Gasteiger charge is -2.47. The Kier molecular flexibility index (Phi) is 5.56. The minimum absolute atomic E-state index is 0.0991. The number of nitrogens with zero attached hydrogens (tertiary/aromatic N) is 2. The molecule has 0 saturated carbocycles. The topological polar surface area (TPSA) is 49.9 Å². The maximum Gasteiger partial charge on any atom is 0.253 e. The zero-order chi connectivity index (χ0) is 20.4. The Balaban J connectivity index is 1.44. The summed E-state index contributed by atoms with van der Waals surface area (Å²) in [4.78, 5) is 29.6. The van der Waals surface area contributed by atoms with Crippen molar-refractivity contribution >= 4 is 11.8 Å². The van der Waals surface area contributed by atoms with Crippen molar-refractivity contribution in [3.8, 4) is 5.75 Å². The van der Waals surface area contributed by atoms with Gasteiger partial charge in [0.1, 0.15) is 5.75 Å². The van der Waals surface area contributed by atoms with E-state index in [1.54, 1.807) is 7.11 Å². The molecule has 2 atom stereocenters. The van der Waals surface area contributed by atoms with Crippen LogP contribution in [0.15, 0.2) is 48.5 Å². The van der Waals surface area contributed by atoms with Crippen LogP contribution >= 0.6 is 0 Å². The van der Waals surface area contributed by atoms with E-state index < -0.39 is 0 Å². The molecule has 2 aliphatic rings. The molecule has 2 amide bonds. The second-order valence-electron chi connectivity index (χ2n) is 8.14. The summed E-state index contributed by atoms with van der Waals surface area (Å²) in [7, 11) is 1.65. The van der Waals surface area contributed by atoms with Crippen molar-refractivity contribution in [2.75, 3.05) is 20.2 Å². The maximum absolute atomic E-state index is 12.9. The predicted molar refractivity (Wildman–Crippen MR) is 112 cm³/mol. The van der Waals surface area contributed by atoms with Gasteiger partial charge in [-0.05, 0) is 55.5 Å². The standard InChI is InChI=1S/C24H28N2O3/c1-17-3-7-19(8-4-17)24(28)25-14-13-22-20(16-25)9-12-23(27)26(22)15-18-5-10-21(29-2)11-6-18/h3-8,10-11,20,22H,9,12-16H2,1-2H3/t20-,22+/m1/s1. The zero-order valence-corrected chi connectivity index (χ0v) is 17.1. The first-order valence-electron chi connectivity index (χ1n) is 10.3. The third kappa shape index (κ3) is 4.14. The van der Waals surface area contributed by atoms with Gasteiger partial charge in [-0.1, -0.05) is 29.8 Å². The van der Waals surface area contributed by atoms with E-state index in [4.69, 9.17) is 4.74 Å². The molecule has 0 spiro atoms. The van der Waals surface area contributed by atoms with Crippen LogP contribution in [-0.2, 0) is 11.3 Å². The molecule has 5 nitrogen and oxygen atoms in total. The van der Waals surface area contributed by atoms with Crippen molar-refractivity contribution in [3.05, 3.63) is 65.2 Å². The molecule has 0 aromatic heterocycles. The number of likely N-dealkylation sites (tertiary alicyclic amines) is 2. The molecule has 4 rings (SSSR count). The number of aryl methyl sites for hydroxylation is 1. The Hall–Kier alpha value is -2.82. The van der Waals surface area contributed by atoms with Crippen molar-refractivity contribution in [1.29, 1.82) is 0 Å². The Morgan fingerprint density at radius 3 is 2.48 bits per heavy atom. The number of piperidine rings is 2. The lowest BCUT2D eigenvalue weighted by Crippen LogP contribution is -2.56. The molecule has 0 aliphatic carbocycles. The summed E-state index contributed by atoms with van der Waals surface area (Å²) in [6.45, 7) is 4.07. The third-order valence-electron chi connectivity index (χ3n) is 6.24. The number of rotatable bonds is 4. The Morgan fingerprint density at radius 2 is 1.79 bits per heavy atom. The number of benzene rings is 2. The van der Waals surface area contributed by atoms with Crippen LogP contribution in [-0.4, -0.2) is 47.9 Å². The highest BCUT2D eigenvalue weighted by atomic mass is 16.5. The number of hydrogen-bond donors (Lipinski definition) is 0. The maximum atomic E-state index is 12.9. The van der Waals surface area contributed by atoms with E-state index in [9.17, 15) is 9.59 Å². The minimum Gasteiger partial charge on any atom is -0.497 e. The molecule has 5 heteroatoms. The lowest BCUT2D eigenvalue weighted by molar-refractivity contribution is -0.141. The van der Waals surface area contributed by atoms with Crippen molar-refractivity contribution in [2.24, 2.45) is 5.92 Å². The zero-order valence-electron chi connectivity index (χ0n) is 17.1. The number of carbonyl (C=O) groups excluding carboxylic acids is 2. The quantitative estimate of drug-likeness (QED) is 0.798. The van der Waals surface area contributed by atoms with Gasteiger partial charge in [0, 0.05) is 37.7 Å². The third-order valence-corrected chi connectivity index (χ3v) is 6.24. The smallest absolute Gasteiger partial charge is 0.253 e. The average Bonchev–Trinajstić information content (AvgIpc) is 2.76. The molecule has 0 N–H and O–H groups in total. The van der Waals surface area contributed by atoms with Gasteiger partial charge in [0.2, 0.25) is 5.91 Å². The second-order valence-corrected chi connectivity index (χ2v) is 8.14. The molecule has 0 bridgehead atoms. The van der Waals surface area contributed by atoms with Gasteiger partial charge in [0.15, 0.2) is 0 Å². The normalized spacial score (nSPS) is 21.7. The molecular weight excluding hydrogens is 364 g/mol. The second kappa shape index (κ2) is 8.27. The summed E-state index contributed by atoms with van der Waals surface area (Å²) in [5.41, 5.74) is 3.01. The molecule has 2 fully saturated rings. The number of carbonyl (C=O) groups is 2.